The topological polar surface area (TPSA) is 54.5 Å². The maximum Gasteiger partial charge on any atom is 0.143 e. The molecular weight excluding hydrogens is 248 g/mol. The van der Waals surface area contributed by atoms with Gasteiger partial charge in [0, 0.05) is 11.8 Å². The van der Waals surface area contributed by atoms with Crippen molar-refractivity contribution in [3.63, 3.8) is 0 Å². The van der Waals surface area contributed by atoms with Crippen molar-refractivity contribution in [3.05, 3.63) is 42.1 Å². The number of fused-ring (bicyclic) bond motifs is 1. The summed E-state index contributed by atoms with van der Waals surface area (Å²) in [6.07, 6.45) is 1.72. The number of imidazole rings is 1. The van der Waals surface area contributed by atoms with Gasteiger partial charge in [-0.1, -0.05) is 6.07 Å². The molecule has 0 amide bonds. The summed E-state index contributed by atoms with van der Waals surface area (Å²) in [5.74, 6) is 1.86. The number of H-pyrrole nitrogens is 1. The highest BCUT2D eigenvalue weighted by Crippen LogP contribution is 2.21. The molecule has 0 spiro atoms. The largest absolute Gasteiger partial charge is 0.342 e. The molecule has 0 aliphatic heterocycles. The van der Waals surface area contributed by atoms with Crippen molar-refractivity contribution in [3.8, 4) is 11.3 Å². The summed E-state index contributed by atoms with van der Waals surface area (Å²) in [5, 5.41) is 0. The van der Waals surface area contributed by atoms with E-state index in [1.54, 1.807) is 6.20 Å². The summed E-state index contributed by atoms with van der Waals surface area (Å²) >= 11 is 5.74. The number of nitrogens with zero attached hydrogens (tertiary/aromatic N) is 3. The Morgan fingerprint density at radius 1 is 1.22 bits per heavy atom. The first-order chi connectivity index (χ1) is 8.76. The van der Waals surface area contributed by atoms with E-state index in [4.69, 9.17) is 11.6 Å². The first kappa shape index (κ1) is 11.2. The summed E-state index contributed by atoms with van der Waals surface area (Å²) in [6.45, 7) is 1.94. The van der Waals surface area contributed by atoms with E-state index in [0.29, 0.717) is 11.7 Å². The Hall–Kier alpha value is -1.94. The fourth-order valence-corrected chi connectivity index (χ4v) is 2.05. The lowest BCUT2D eigenvalue weighted by atomic mass is 10.1. The molecule has 2 heterocycles. The molecule has 3 rings (SSSR count). The number of aromatic nitrogens is 4. The maximum absolute atomic E-state index is 5.74. The van der Waals surface area contributed by atoms with Crippen LogP contribution in [0.15, 0.2) is 30.5 Å². The highest BCUT2D eigenvalue weighted by Gasteiger charge is 2.05. The maximum atomic E-state index is 5.74. The van der Waals surface area contributed by atoms with Gasteiger partial charge in [-0.25, -0.2) is 15.0 Å². The van der Waals surface area contributed by atoms with E-state index in [9.17, 15) is 0 Å². The third kappa shape index (κ3) is 1.95. The van der Waals surface area contributed by atoms with Crippen LogP contribution in [0.4, 0.5) is 0 Å². The van der Waals surface area contributed by atoms with Crippen LogP contribution in [0.25, 0.3) is 22.3 Å². The first-order valence-corrected chi connectivity index (χ1v) is 6.14. The van der Waals surface area contributed by atoms with Gasteiger partial charge in [0.05, 0.1) is 22.6 Å². The molecule has 5 heteroatoms. The number of hydrogen-bond donors (Lipinski definition) is 1. The molecule has 0 radical (unpaired) electrons. The van der Waals surface area contributed by atoms with Gasteiger partial charge in [-0.15, -0.1) is 11.6 Å². The van der Waals surface area contributed by atoms with Crippen molar-refractivity contribution in [2.45, 2.75) is 12.8 Å². The Morgan fingerprint density at radius 2 is 2.11 bits per heavy atom. The van der Waals surface area contributed by atoms with Crippen molar-refractivity contribution >= 4 is 22.6 Å². The van der Waals surface area contributed by atoms with Crippen LogP contribution in [0.5, 0.6) is 0 Å². The number of aromatic amines is 1. The number of aryl methyl sites for hydroxylation is 1. The van der Waals surface area contributed by atoms with Crippen molar-refractivity contribution in [1.82, 2.24) is 19.9 Å². The quantitative estimate of drug-likeness (QED) is 0.719. The lowest BCUT2D eigenvalue weighted by Crippen LogP contribution is -1.92. The zero-order valence-corrected chi connectivity index (χ0v) is 10.6. The monoisotopic (exact) mass is 258 g/mol. The molecule has 3 aromatic rings. The van der Waals surface area contributed by atoms with Crippen LogP contribution < -0.4 is 0 Å². The van der Waals surface area contributed by atoms with E-state index in [2.05, 4.69) is 19.9 Å². The third-order valence-corrected chi connectivity index (χ3v) is 2.96. The minimum atomic E-state index is 0.319. The molecule has 90 valence electrons. The lowest BCUT2D eigenvalue weighted by molar-refractivity contribution is 1.03. The zero-order chi connectivity index (χ0) is 12.5. The summed E-state index contributed by atoms with van der Waals surface area (Å²) in [4.78, 5) is 16.1. The van der Waals surface area contributed by atoms with Crippen LogP contribution in [0, 0.1) is 6.92 Å². The van der Waals surface area contributed by atoms with Gasteiger partial charge in [-0.05, 0) is 25.1 Å². The highest BCUT2D eigenvalue weighted by molar-refractivity contribution is 6.16. The van der Waals surface area contributed by atoms with E-state index in [1.165, 1.54) is 0 Å². The molecule has 1 N–H and O–H groups in total. The minimum absolute atomic E-state index is 0.319. The van der Waals surface area contributed by atoms with Crippen molar-refractivity contribution in [1.29, 1.82) is 0 Å². The van der Waals surface area contributed by atoms with Gasteiger partial charge in [-0.3, -0.25) is 0 Å². The predicted molar refractivity (Wildman–Crippen MR) is 71.4 cm³/mol. The molecule has 0 aliphatic rings. The van der Waals surface area contributed by atoms with E-state index < -0.39 is 0 Å². The van der Waals surface area contributed by atoms with Gasteiger partial charge < -0.3 is 4.98 Å². The molecule has 0 atom stereocenters. The Labute approximate surface area is 109 Å². The second kappa shape index (κ2) is 4.38. The predicted octanol–water partition coefficient (Wildman–Crippen LogP) is 3.07. The zero-order valence-electron chi connectivity index (χ0n) is 9.81. The minimum Gasteiger partial charge on any atom is -0.342 e. The normalized spacial score (nSPS) is 11.0. The average molecular weight is 259 g/mol. The first-order valence-electron chi connectivity index (χ1n) is 5.61. The standard InChI is InChI=1S/C13H11ClN4/c1-8-16-11-3-2-9(6-12(11)17-8)10-4-5-15-13(7-14)18-10/h2-6H,7H2,1H3,(H,16,17). The van der Waals surface area contributed by atoms with Crippen molar-refractivity contribution in [2.75, 3.05) is 0 Å². The van der Waals surface area contributed by atoms with Gasteiger partial charge in [0.25, 0.3) is 0 Å². The fourth-order valence-electron chi connectivity index (χ4n) is 1.92. The third-order valence-electron chi connectivity index (χ3n) is 2.72. The second-order valence-electron chi connectivity index (χ2n) is 4.05. The molecule has 0 fully saturated rings. The molecular formula is C13H11ClN4. The Kier molecular flexibility index (Phi) is 2.72. The molecule has 0 saturated heterocycles. The number of rotatable bonds is 2. The molecule has 0 saturated carbocycles. The van der Waals surface area contributed by atoms with Gasteiger partial charge in [0.15, 0.2) is 0 Å². The SMILES string of the molecule is Cc1nc2ccc(-c3ccnc(CCl)n3)cc2[nH]1. The molecule has 0 bridgehead atoms. The number of benzene rings is 1. The number of halogens is 1. The summed E-state index contributed by atoms with van der Waals surface area (Å²) in [6, 6.07) is 7.90. The van der Waals surface area contributed by atoms with E-state index in [0.717, 1.165) is 28.1 Å². The van der Waals surface area contributed by atoms with E-state index >= 15 is 0 Å². The summed E-state index contributed by atoms with van der Waals surface area (Å²) in [5.41, 5.74) is 3.87. The van der Waals surface area contributed by atoms with E-state index in [-0.39, 0.29) is 0 Å². The van der Waals surface area contributed by atoms with Crippen LogP contribution >= 0.6 is 11.6 Å². The highest BCUT2D eigenvalue weighted by atomic mass is 35.5. The average Bonchev–Trinajstić information content (AvgIpc) is 2.77. The molecule has 18 heavy (non-hydrogen) atoms. The number of alkyl halides is 1. The Balaban J connectivity index is 2.12. The number of hydrogen-bond acceptors (Lipinski definition) is 3. The molecule has 4 nitrogen and oxygen atoms in total. The van der Waals surface area contributed by atoms with Gasteiger partial charge in [0.2, 0.25) is 0 Å². The van der Waals surface area contributed by atoms with Gasteiger partial charge in [-0.2, -0.15) is 0 Å². The molecule has 1 aromatic carbocycles. The van der Waals surface area contributed by atoms with Crippen molar-refractivity contribution < 1.29 is 0 Å². The smallest absolute Gasteiger partial charge is 0.143 e. The lowest BCUT2D eigenvalue weighted by Gasteiger charge is -2.02. The van der Waals surface area contributed by atoms with Gasteiger partial charge in [0.1, 0.15) is 11.6 Å². The molecule has 2 aromatic heterocycles. The Morgan fingerprint density at radius 3 is 2.94 bits per heavy atom. The fraction of sp³-hybridized carbons (Fsp3) is 0.154. The van der Waals surface area contributed by atoms with Crippen LogP contribution in [0.2, 0.25) is 0 Å². The van der Waals surface area contributed by atoms with Gasteiger partial charge >= 0.3 is 0 Å². The molecule has 0 aliphatic carbocycles. The van der Waals surface area contributed by atoms with Crippen LogP contribution in [0.3, 0.4) is 0 Å². The number of nitrogens with one attached hydrogen (secondary N) is 1. The van der Waals surface area contributed by atoms with Crippen molar-refractivity contribution in [2.24, 2.45) is 0 Å². The van der Waals surface area contributed by atoms with Crippen LogP contribution in [-0.2, 0) is 5.88 Å². The van der Waals surface area contributed by atoms with Crippen LogP contribution in [-0.4, -0.2) is 19.9 Å². The second-order valence-corrected chi connectivity index (χ2v) is 4.31. The molecule has 0 unspecified atom stereocenters. The van der Waals surface area contributed by atoms with E-state index in [1.807, 2.05) is 31.2 Å². The van der Waals surface area contributed by atoms with Crippen LogP contribution in [0.1, 0.15) is 11.6 Å². The summed E-state index contributed by atoms with van der Waals surface area (Å²) < 4.78 is 0. The Bertz CT molecular complexity index is 705. The summed E-state index contributed by atoms with van der Waals surface area (Å²) in [7, 11) is 0.